The van der Waals surface area contributed by atoms with E-state index in [1.54, 1.807) is 0 Å². The highest BCUT2D eigenvalue weighted by Crippen LogP contribution is 2.35. The molecule has 8 nitrogen and oxygen atoms in total. The molecule has 3 atom stereocenters. The molecule has 0 bridgehead atoms. The number of aromatic amines is 1. The van der Waals surface area contributed by atoms with Crippen molar-refractivity contribution < 1.29 is 14.3 Å². The van der Waals surface area contributed by atoms with Gasteiger partial charge >= 0.3 is 6.03 Å². The zero-order chi connectivity index (χ0) is 32.4. The van der Waals surface area contributed by atoms with Crippen molar-refractivity contribution in [3.8, 4) is 5.75 Å². The van der Waals surface area contributed by atoms with Crippen molar-refractivity contribution in [2.75, 3.05) is 45.2 Å². The van der Waals surface area contributed by atoms with Crippen LogP contribution in [0.2, 0.25) is 5.02 Å². The molecule has 0 saturated carbocycles. The third kappa shape index (κ3) is 7.03. The van der Waals surface area contributed by atoms with Gasteiger partial charge in [-0.05, 0) is 86.4 Å². The summed E-state index contributed by atoms with van der Waals surface area (Å²) in [5.74, 6) is 0.685. The predicted molar refractivity (Wildman–Crippen MR) is 185 cm³/mol. The van der Waals surface area contributed by atoms with Crippen LogP contribution in [0.15, 0.2) is 72.9 Å². The summed E-state index contributed by atoms with van der Waals surface area (Å²) in [5.41, 5.74) is 5.07. The van der Waals surface area contributed by atoms with E-state index in [-0.39, 0.29) is 29.9 Å². The van der Waals surface area contributed by atoms with Gasteiger partial charge in [0.25, 0.3) is 0 Å². The molecule has 2 aliphatic heterocycles. The van der Waals surface area contributed by atoms with Crippen molar-refractivity contribution in [1.29, 1.82) is 0 Å². The van der Waals surface area contributed by atoms with E-state index in [4.69, 9.17) is 16.3 Å². The number of fused-ring (bicyclic) bond motifs is 2. The maximum absolute atomic E-state index is 14.8. The molecule has 242 valence electrons. The van der Waals surface area contributed by atoms with Crippen molar-refractivity contribution in [2.24, 2.45) is 5.92 Å². The van der Waals surface area contributed by atoms with Crippen LogP contribution in [0.3, 0.4) is 0 Å². The van der Waals surface area contributed by atoms with E-state index >= 15 is 0 Å². The molecule has 4 aromatic rings. The molecule has 46 heavy (non-hydrogen) atoms. The average molecular weight is 642 g/mol. The molecule has 9 heteroatoms. The van der Waals surface area contributed by atoms with Crippen LogP contribution < -0.4 is 15.0 Å². The van der Waals surface area contributed by atoms with Gasteiger partial charge in [0.2, 0.25) is 5.91 Å². The molecule has 0 aliphatic carbocycles. The van der Waals surface area contributed by atoms with E-state index in [1.165, 1.54) is 0 Å². The van der Waals surface area contributed by atoms with Crippen molar-refractivity contribution in [3.63, 3.8) is 0 Å². The van der Waals surface area contributed by atoms with Crippen LogP contribution in [0.1, 0.15) is 42.4 Å². The molecule has 3 aromatic carbocycles. The molecule has 0 spiro atoms. The fraction of sp³-hybridized carbons (Fsp3) is 0.405. The van der Waals surface area contributed by atoms with Crippen LogP contribution in [-0.2, 0) is 11.2 Å². The van der Waals surface area contributed by atoms with E-state index in [0.29, 0.717) is 24.7 Å². The Morgan fingerprint density at radius 3 is 2.61 bits per heavy atom. The van der Waals surface area contributed by atoms with E-state index in [9.17, 15) is 9.59 Å². The van der Waals surface area contributed by atoms with Crippen LogP contribution in [0.25, 0.3) is 10.9 Å². The number of anilines is 1. The second kappa shape index (κ2) is 13.8. The van der Waals surface area contributed by atoms with E-state index in [1.807, 2.05) is 77.5 Å². The van der Waals surface area contributed by atoms with Gasteiger partial charge < -0.3 is 29.7 Å². The van der Waals surface area contributed by atoms with Crippen LogP contribution in [0, 0.1) is 12.8 Å². The second-order valence-electron chi connectivity index (χ2n) is 13.2. The number of piperidine rings is 1. The fourth-order valence-electron chi connectivity index (χ4n) is 7.06. The van der Waals surface area contributed by atoms with Gasteiger partial charge in [0, 0.05) is 72.7 Å². The van der Waals surface area contributed by atoms with Crippen molar-refractivity contribution in [3.05, 3.63) is 94.6 Å². The largest absolute Gasteiger partial charge is 0.490 e. The lowest BCUT2D eigenvalue weighted by Crippen LogP contribution is -2.57. The number of halogens is 1. The highest BCUT2D eigenvalue weighted by Gasteiger charge is 2.38. The number of para-hydroxylation sites is 1. The molecular weight excluding hydrogens is 598 g/mol. The van der Waals surface area contributed by atoms with Gasteiger partial charge in [-0.25, -0.2) is 4.79 Å². The molecule has 3 heterocycles. The van der Waals surface area contributed by atoms with Gasteiger partial charge in [-0.3, -0.25) is 4.79 Å². The Morgan fingerprint density at radius 1 is 1.07 bits per heavy atom. The number of nitrogens with one attached hydrogen (secondary N) is 2. The van der Waals surface area contributed by atoms with Crippen LogP contribution in [0.4, 0.5) is 10.5 Å². The first-order valence-electron chi connectivity index (χ1n) is 16.3. The molecular formula is C37H44ClN5O3. The predicted octanol–water partition coefficient (Wildman–Crippen LogP) is 6.62. The third-order valence-corrected chi connectivity index (χ3v) is 9.58. The molecule has 2 aliphatic rings. The first-order chi connectivity index (χ1) is 22.2. The molecule has 3 amide bonds. The topological polar surface area (TPSA) is 80.9 Å². The lowest BCUT2D eigenvalue weighted by atomic mass is 9.88. The Bertz CT molecular complexity index is 1700. The van der Waals surface area contributed by atoms with Gasteiger partial charge in [0.05, 0.1) is 0 Å². The van der Waals surface area contributed by atoms with Crippen molar-refractivity contribution >= 4 is 40.1 Å². The van der Waals surface area contributed by atoms with Gasteiger partial charge in [0.1, 0.15) is 17.9 Å². The average Bonchev–Trinajstić information content (AvgIpc) is 3.47. The Hall–Kier alpha value is -4.01. The number of hydrogen-bond acceptors (Lipinski definition) is 4. The molecule has 1 saturated heterocycles. The molecule has 2 N–H and O–H groups in total. The number of urea groups is 1. The normalized spacial score (nSPS) is 18.3. The number of rotatable bonds is 8. The summed E-state index contributed by atoms with van der Waals surface area (Å²) in [7, 11) is 4.10. The van der Waals surface area contributed by atoms with Gasteiger partial charge in [-0.15, -0.1) is 0 Å². The Kier molecular flexibility index (Phi) is 9.57. The molecule has 1 aromatic heterocycles. The summed E-state index contributed by atoms with van der Waals surface area (Å²) in [6.07, 6.45) is 4.30. The number of aryl methyl sites for hydroxylation is 1. The number of benzene rings is 3. The van der Waals surface area contributed by atoms with Crippen LogP contribution in [0.5, 0.6) is 5.75 Å². The highest BCUT2D eigenvalue weighted by molar-refractivity contribution is 6.30. The number of carbonyl (C=O) groups is 2. The monoisotopic (exact) mass is 641 g/mol. The molecule has 0 unspecified atom stereocenters. The highest BCUT2D eigenvalue weighted by atomic mass is 35.5. The number of hydrogen-bond donors (Lipinski definition) is 2. The number of amides is 3. The maximum atomic E-state index is 14.8. The fourth-order valence-corrected chi connectivity index (χ4v) is 7.26. The Labute approximate surface area is 276 Å². The summed E-state index contributed by atoms with van der Waals surface area (Å²) in [6, 6.07) is 20.9. The smallest absolute Gasteiger partial charge is 0.318 e. The standard InChI is InChI=1S/C37H44ClN5O3/c1-24-8-7-9-30(18-24)46-29-14-16-42(17-15-29)37(45)40-35(25(2)32-21-39-33-11-6-5-10-31(32)33)36(44)43-23-26(22-41(3)4)19-27-20-28(38)12-13-34(27)43/h5-13,18,20-21,25-26,29,35,39H,14-17,19,22-23H2,1-4H3,(H,40,45)/t25-,26+,35+/m0/s1. The SMILES string of the molecule is Cc1cccc(OC2CCN(C(=O)N[C@@H](C(=O)N3C[C@@H](CN(C)C)Cc4cc(Cl)ccc43)[C@@H](C)c3c[nH]c4ccccc34)CC2)c1. The van der Waals surface area contributed by atoms with Gasteiger partial charge in [-0.2, -0.15) is 0 Å². The summed E-state index contributed by atoms with van der Waals surface area (Å²) < 4.78 is 6.23. The summed E-state index contributed by atoms with van der Waals surface area (Å²) in [5, 5.41) is 4.92. The minimum atomic E-state index is -0.783. The number of likely N-dealkylation sites (tertiary alicyclic amines) is 1. The zero-order valence-corrected chi connectivity index (χ0v) is 27.9. The van der Waals surface area contributed by atoms with Crippen molar-refractivity contribution in [2.45, 2.75) is 51.2 Å². The van der Waals surface area contributed by atoms with Gasteiger partial charge in [-0.1, -0.05) is 48.9 Å². The lowest BCUT2D eigenvalue weighted by molar-refractivity contribution is -0.121. The van der Waals surface area contributed by atoms with Crippen LogP contribution >= 0.6 is 11.6 Å². The molecule has 1 fully saturated rings. The van der Waals surface area contributed by atoms with Crippen LogP contribution in [-0.4, -0.2) is 79.1 Å². The Balaban J connectivity index is 1.25. The first kappa shape index (κ1) is 32.0. The number of aromatic nitrogens is 1. The number of ether oxygens (including phenoxy) is 1. The quantitative estimate of drug-likeness (QED) is 0.227. The second-order valence-corrected chi connectivity index (χ2v) is 13.6. The zero-order valence-electron chi connectivity index (χ0n) is 27.1. The molecule has 0 radical (unpaired) electrons. The first-order valence-corrected chi connectivity index (χ1v) is 16.6. The number of H-pyrrole nitrogens is 1. The number of carbonyl (C=O) groups excluding carboxylic acids is 2. The minimum Gasteiger partial charge on any atom is -0.490 e. The number of nitrogens with zero attached hydrogens (tertiary/aromatic N) is 3. The van der Waals surface area contributed by atoms with E-state index < -0.39 is 6.04 Å². The maximum Gasteiger partial charge on any atom is 0.318 e. The lowest BCUT2D eigenvalue weighted by Gasteiger charge is -2.39. The summed E-state index contributed by atoms with van der Waals surface area (Å²) in [6.45, 7) is 6.60. The minimum absolute atomic E-state index is 0.0405. The summed E-state index contributed by atoms with van der Waals surface area (Å²) in [4.78, 5) is 37.9. The van der Waals surface area contributed by atoms with E-state index in [2.05, 4.69) is 48.4 Å². The molecule has 6 rings (SSSR count). The third-order valence-electron chi connectivity index (χ3n) is 9.35. The van der Waals surface area contributed by atoms with E-state index in [0.717, 1.165) is 64.8 Å². The van der Waals surface area contributed by atoms with Crippen molar-refractivity contribution in [1.82, 2.24) is 20.1 Å². The Morgan fingerprint density at radius 2 is 1.85 bits per heavy atom. The van der Waals surface area contributed by atoms with Gasteiger partial charge in [0.15, 0.2) is 0 Å². The summed E-state index contributed by atoms with van der Waals surface area (Å²) >= 11 is 6.42.